The van der Waals surface area contributed by atoms with Crippen LogP contribution in [0.2, 0.25) is 0 Å². The van der Waals surface area contributed by atoms with Crippen molar-refractivity contribution in [2.75, 3.05) is 6.54 Å². The maximum Gasteiger partial charge on any atom is 0.222 e. The molecule has 1 aliphatic rings. The Bertz CT molecular complexity index is 934. The van der Waals surface area contributed by atoms with Crippen molar-refractivity contribution in [3.8, 4) is 11.1 Å². The van der Waals surface area contributed by atoms with E-state index in [1.54, 1.807) is 6.07 Å². The summed E-state index contributed by atoms with van der Waals surface area (Å²) >= 11 is 0. The molecule has 1 fully saturated rings. The molecule has 128 valence electrons. The Labute approximate surface area is 145 Å². The fourth-order valence-electron chi connectivity index (χ4n) is 3.46. The van der Waals surface area contributed by atoms with Crippen LogP contribution >= 0.6 is 0 Å². The van der Waals surface area contributed by atoms with Crippen molar-refractivity contribution in [2.45, 2.75) is 32.2 Å². The second-order valence-corrected chi connectivity index (χ2v) is 6.34. The molecule has 4 nitrogen and oxygen atoms in total. The minimum atomic E-state index is -0.266. The number of fused-ring (bicyclic) bond motifs is 1. The van der Waals surface area contributed by atoms with Gasteiger partial charge in [0.25, 0.3) is 0 Å². The Kier molecular flexibility index (Phi) is 3.99. The number of rotatable bonds is 3. The number of aromatic nitrogens is 1. The van der Waals surface area contributed by atoms with Crippen LogP contribution in [0.25, 0.3) is 22.2 Å². The van der Waals surface area contributed by atoms with E-state index >= 15 is 0 Å². The third-order valence-corrected chi connectivity index (χ3v) is 4.72. The summed E-state index contributed by atoms with van der Waals surface area (Å²) in [6.07, 6.45) is 2.32. The smallest absolute Gasteiger partial charge is 0.222 e. The van der Waals surface area contributed by atoms with Gasteiger partial charge in [-0.15, -0.1) is 0 Å². The van der Waals surface area contributed by atoms with Gasteiger partial charge in [0.2, 0.25) is 11.8 Å². The number of nitrogens with zero attached hydrogens (tertiary/aromatic N) is 2. The fraction of sp³-hybridized carbons (Fsp3) is 0.300. The van der Waals surface area contributed by atoms with Crippen molar-refractivity contribution in [3.63, 3.8) is 0 Å². The van der Waals surface area contributed by atoms with Crippen LogP contribution in [0.1, 0.15) is 38.1 Å². The van der Waals surface area contributed by atoms with Crippen molar-refractivity contribution >= 4 is 17.0 Å². The van der Waals surface area contributed by atoms with Gasteiger partial charge in [0.1, 0.15) is 17.4 Å². The predicted molar refractivity (Wildman–Crippen MR) is 93.4 cm³/mol. The summed E-state index contributed by atoms with van der Waals surface area (Å²) in [5.74, 6) is 0.453. The molecule has 1 amide bonds. The minimum Gasteiger partial charge on any atom is -0.438 e. The number of carbonyl (C=O) groups is 1. The van der Waals surface area contributed by atoms with Gasteiger partial charge in [-0.3, -0.25) is 4.79 Å². The zero-order valence-electron chi connectivity index (χ0n) is 14.0. The maximum atomic E-state index is 13.5. The van der Waals surface area contributed by atoms with E-state index in [0.717, 1.165) is 36.0 Å². The first kappa shape index (κ1) is 15.8. The van der Waals surface area contributed by atoms with E-state index in [-0.39, 0.29) is 17.8 Å². The fourth-order valence-corrected chi connectivity index (χ4v) is 3.46. The molecule has 5 heteroatoms. The first-order chi connectivity index (χ1) is 12.2. The van der Waals surface area contributed by atoms with E-state index < -0.39 is 0 Å². The summed E-state index contributed by atoms with van der Waals surface area (Å²) in [4.78, 5) is 18.6. The van der Waals surface area contributed by atoms with Crippen LogP contribution in [0.4, 0.5) is 4.39 Å². The summed E-state index contributed by atoms with van der Waals surface area (Å²) in [5, 5.41) is 0. The predicted octanol–water partition coefficient (Wildman–Crippen LogP) is 4.71. The first-order valence-corrected chi connectivity index (χ1v) is 8.61. The number of benzene rings is 2. The van der Waals surface area contributed by atoms with Crippen molar-refractivity contribution in [2.24, 2.45) is 0 Å². The van der Waals surface area contributed by atoms with Crippen LogP contribution in [-0.2, 0) is 4.79 Å². The lowest BCUT2D eigenvalue weighted by atomic mass is 10.1. The number of amides is 1. The van der Waals surface area contributed by atoms with Crippen LogP contribution in [0.15, 0.2) is 46.9 Å². The minimum absolute atomic E-state index is 0.0857. The molecule has 0 N–H and O–H groups in total. The van der Waals surface area contributed by atoms with Crippen LogP contribution in [0.3, 0.4) is 0 Å². The molecule has 1 unspecified atom stereocenters. The van der Waals surface area contributed by atoms with Crippen LogP contribution in [0, 0.1) is 5.82 Å². The van der Waals surface area contributed by atoms with Gasteiger partial charge in [-0.2, -0.15) is 0 Å². The third kappa shape index (κ3) is 2.90. The monoisotopic (exact) mass is 338 g/mol. The molecule has 1 aromatic heterocycles. The average molecular weight is 338 g/mol. The SMILES string of the molecule is CCC(=O)N1CCCC1c1nc2cc(-c3cccc(F)c3)ccc2o1. The summed E-state index contributed by atoms with van der Waals surface area (Å²) in [6.45, 7) is 2.62. The van der Waals surface area contributed by atoms with Crippen molar-refractivity contribution in [1.29, 1.82) is 0 Å². The Morgan fingerprint density at radius 1 is 1.28 bits per heavy atom. The van der Waals surface area contributed by atoms with Gasteiger partial charge in [-0.1, -0.05) is 25.1 Å². The largest absolute Gasteiger partial charge is 0.438 e. The highest BCUT2D eigenvalue weighted by atomic mass is 19.1. The normalized spacial score (nSPS) is 17.4. The van der Waals surface area contributed by atoms with Crippen LogP contribution in [-0.4, -0.2) is 22.3 Å². The Morgan fingerprint density at radius 2 is 2.12 bits per heavy atom. The lowest BCUT2D eigenvalue weighted by Crippen LogP contribution is -2.29. The standard InChI is InChI=1S/C20H19FN2O2/c1-2-19(24)23-10-4-7-17(23)20-22-16-12-14(8-9-18(16)25-20)13-5-3-6-15(21)11-13/h3,5-6,8-9,11-12,17H,2,4,7,10H2,1H3. The highest BCUT2D eigenvalue weighted by Crippen LogP contribution is 2.34. The molecule has 3 aromatic rings. The quantitative estimate of drug-likeness (QED) is 0.695. The second kappa shape index (κ2) is 6.31. The van der Waals surface area contributed by atoms with Crippen molar-refractivity contribution < 1.29 is 13.6 Å². The Hall–Kier alpha value is -2.69. The van der Waals surface area contributed by atoms with E-state index in [0.29, 0.717) is 17.9 Å². The molecule has 0 bridgehead atoms. The molecule has 0 spiro atoms. The lowest BCUT2D eigenvalue weighted by molar-refractivity contribution is -0.132. The highest BCUT2D eigenvalue weighted by molar-refractivity contribution is 5.81. The van der Waals surface area contributed by atoms with Gasteiger partial charge in [-0.05, 0) is 48.2 Å². The number of likely N-dealkylation sites (tertiary alicyclic amines) is 1. The first-order valence-electron chi connectivity index (χ1n) is 8.61. The molecule has 1 atom stereocenters. The Balaban J connectivity index is 1.70. The second-order valence-electron chi connectivity index (χ2n) is 6.34. The van der Waals surface area contributed by atoms with Crippen LogP contribution in [0.5, 0.6) is 0 Å². The van der Waals surface area contributed by atoms with E-state index in [9.17, 15) is 9.18 Å². The highest BCUT2D eigenvalue weighted by Gasteiger charge is 2.32. The van der Waals surface area contributed by atoms with E-state index in [4.69, 9.17) is 4.42 Å². The van der Waals surface area contributed by atoms with Gasteiger partial charge >= 0.3 is 0 Å². The molecule has 4 rings (SSSR count). The summed E-state index contributed by atoms with van der Waals surface area (Å²) in [5.41, 5.74) is 3.10. The number of carbonyl (C=O) groups excluding carboxylic acids is 1. The van der Waals surface area contributed by atoms with Gasteiger partial charge in [0.05, 0.1) is 0 Å². The number of hydrogen-bond donors (Lipinski definition) is 0. The zero-order chi connectivity index (χ0) is 17.4. The number of hydrogen-bond acceptors (Lipinski definition) is 3. The molecular weight excluding hydrogens is 319 g/mol. The number of oxazole rings is 1. The third-order valence-electron chi connectivity index (χ3n) is 4.72. The molecule has 2 aromatic carbocycles. The van der Waals surface area contributed by atoms with E-state index in [1.165, 1.54) is 12.1 Å². The molecule has 25 heavy (non-hydrogen) atoms. The maximum absolute atomic E-state index is 13.5. The summed E-state index contributed by atoms with van der Waals surface area (Å²) in [7, 11) is 0. The summed E-state index contributed by atoms with van der Waals surface area (Å²) < 4.78 is 19.4. The summed E-state index contributed by atoms with van der Waals surface area (Å²) in [6, 6.07) is 12.1. The van der Waals surface area contributed by atoms with Gasteiger partial charge < -0.3 is 9.32 Å². The van der Waals surface area contributed by atoms with E-state index in [1.807, 2.05) is 36.1 Å². The molecule has 1 aliphatic heterocycles. The number of halogens is 1. The zero-order valence-corrected chi connectivity index (χ0v) is 14.0. The van der Waals surface area contributed by atoms with Crippen molar-refractivity contribution in [1.82, 2.24) is 9.88 Å². The molecule has 0 saturated carbocycles. The average Bonchev–Trinajstić information content (AvgIpc) is 3.26. The molecule has 0 aliphatic carbocycles. The van der Waals surface area contributed by atoms with Gasteiger partial charge in [0.15, 0.2) is 5.58 Å². The molecule has 0 radical (unpaired) electrons. The molecular formula is C20H19FN2O2. The van der Waals surface area contributed by atoms with Gasteiger partial charge in [0, 0.05) is 13.0 Å². The molecule has 2 heterocycles. The van der Waals surface area contributed by atoms with Crippen LogP contribution < -0.4 is 0 Å². The van der Waals surface area contributed by atoms with Gasteiger partial charge in [-0.25, -0.2) is 9.37 Å². The topological polar surface area (TPSA) is 46.3 Å². The lowest BCUT2D eigenvalue weighted by Gasteiger charge is -2.21. The Morgan fingerprint density at radius 3 is 2.92 bits per heavy atom. The molecule has 1 saturated heterocycles. The van der Waals surface area contributed by atoms with Crippen molar-refractivity contribution in [3.05, 3.63) is 54.2 Å². The van der Waals surface area contributed by atoms with E-state index in [2.05, 4.69) is 4.98 Å².